The van der Waals surface area contributed by atoms with E-state index in [0.717, 1.165) is 18.8 Å². The molecule has 96 valence electrons. The van der Waals surface area contributed by atoms with E-state index >= 15 is 0 Å². The second-order valence-electron chi connectivity index (χ2n) is 4.59. The fraction of sp³-hybridized carbons (Fsp3) is 0.667. The number of nitrogens with zero attached hydrogens (tertiary/aromatic N) is 2. The number of amides is 1. The van der Waals surface area contributed by atoms with Crippen LogP contribution in [0.1, 0.15) is 32.5 Å². The highest BCUT2D eigenvalue weighted by Crippen LogP contribution is 2.08. The molecule has 5 nitrogen and oxygen atoms in total. The van der Waals surface area contributed by atoms with E-state index in [-0.39, 0.29) is 5.91 Å². The van der Waals surface area contributed by atoms with Crippen molar-refractivity contribution >= 4 is 5.91 Å². The van der Waals surface area contributed by atoms with Gasteiger partial charge < -0.3 is 15.6 Å². The predicted octanol–water partition coefficient (Wildman–Crippen LogP) is 0.825. The van der Waals surface area contributed by atoms with Crippen LogP contribution in [0, 0.1) is 6.92 Å². The molecule has 5 heteroatoms. The van der Waals surface area contributed by atoms with Crippen molar-refractivity contribution in [1.82, 2.24) is 14.9 Å². The van der Waals surface area contributed by atoms with Crippen LogP contribution in [-0.2, 0) is 11.3 Å². The molecule has 0 aromatic carbocycles. The zero-order valence-corrected chi connectivity index (χ0v) is 10.9. The smallest absolute Gasteiger partial charge is 0.239 e. The highest BCUT2D eigenvalue weighted by atomic mass is 16.2. The summed E-state index contributed by atoms with van der Waals surface area (Å²) < 4.78 is 1.99. The van der Waals surface area contributed by atoms with Gasteiger partial charge in [0.15, 0.2) is 0 Å². The van der Waals surface area contributed by atoms with Crippen LogP contribution in [0.5, 0.6) is 0 Å². The average molecular weight is 238 g/mol. The number of hydrogen-bond donors (Lipinski definition) is 2. The van der Waals surface area contributed by atoms with Gasteiger partial charge in [-0.15, -0.1) is 0 Å². The maximum Gasteiger partial charge on any atom is 0.239 e. The third-order valence-corrected chi connectivity index (χ3v) is 2.85. The van der Waals surface area contributed by atoms with Crippen LogP contribution in [0.15, 0.2) is 12.4 Å². The second kappa shape index (κ2) is 5.82. The van der Waals surface area contributed by atoms with Crippen molar-refractivity contribution in [3.05, 3.63) is 18.2 Å². The Balaban J connectivity index is 2.36. The van der Waals surface area contributed by atoms with E-state index in [1.54, 1.807) is 13.1 Å². The number of carbonyl (C=O) groups is 1. The molecular weight excluding hydrogens is 216 g/mol. The first-order valence-electron chi connectivity index (χ1n) is 6.02. The summed E-state index contributed by atoms with van der Waals surface area (Å²) >= 11 is 0. The van der Waals surface area contributed by atoms with E-state index < -0.39 is 5.54 Å². The molecule has 0 saturated carbocycles. The Kier molecular flexibility index (Phi) is 4.69. The van der Waals surface area contributed by atoms with Crippen LogP contribution in [0.2, 0.25) is 0 Å². The molecule has 0 aliphatic carbocycles. The molecule has 17 heavy (non-hydrogen) atoms. The van der Waals surface area contributed by atoms with Crippen LogP contribution < -0.4 is 11.1 Å². The number of imidazole rings is 1. The van der Waals surface area contributed by atoms with E-state index in [2.05, 4.69) is 10.3 Å². The lowest BCUT2D eigenvalue weighted by Gasteiger charge is -2.22. The highest BCUT2D eigenvalue weighted by Gasteiger charge is 2.26. The summed E-state index contributed by atoms with van der Waals surface area (Å²) in [5.74, 6) is 0.862. The molecule has 0 radical (unpaired) electrons. The largest absolute Gasteiger partial charge is 0.353 e. The molecule has 1 atom stereocenters. The number of aromatic nitrogens is 2. The Hall–Kier alpha value is -1.36. The van der Waals surface area contributed by atoms with E-state index in [1.165, 1.54) is 0 Å². The number of nitrogens with one attached hydrogen (secondary N) is 1. The van der Waals surface area contributed by atoms with Gasteiger partial charge in [-0.25, -0.2) is 4.98 Å². The summed E-state index contributed by atoms with van der Waals surface area (Å²) in [6, 6.07) is 0. The van der Waals surface area contributed by atoms with Crippen LogP contribution in [-0.4, -0.2) is 27.5 Å². The van der Waals surface area contributed by atoms with Gasteiger partial charge in [-0.05, 0) is 20.3 Å². The van der Waals surface area contributed by atoms with Gasteiger partial charge in [0.1, 0.15) is 5.82 Å². The lowest BCUT2D eigenvalue weighted by molar-refractivity contribution is -0.126. The van der Waals surface area contributed by atoms with Gasteiger partial charge in [-0.3, -0.25) is 4.79 Å². The summed E-state index contributed by atoms with van der Waals surface area (Å²) in [6.07, 6.45) is 5.25. The molecule has 1 amide bonds. The van der Waals surface area contributed by atoms with Crippen molar-refractivity contribution in [2.45, 2.75) is 45.7 Å². The highest BCUT2D eigenvalue weighted by molar-refractivity contribution is 5.85. The first-order valence-corrected chi connectivity index (χ1v) is 6.02. The minimum absolute atomic E-state index is 0.0860. The Labute approximate surface area is 102 Å². The van der Waals surface area contributed by atoms with Crippen molar-refractivity contribution in [3.8, 4) is 0 Å². The number of carbonyl (C=O) groups excluding carboxylic acids is 1. The van der Waals surface area contributed by atoms with Crippen molar-refractivity contribution < 1.29 is 4.79 Å². The molecule has 0 aliphatic rings. The molecular formula is C12H22N4O. The molecule has 0 fully saturated rings. The molecule has 3 N–H and O–H groups in total. The normalized spacial score (nSPS) is 14.4. The fourth-order valence-electron chi connectivity index (χ4n) is 1.76. The van der Waals surface area contributed by atoms with E-state index in [9.17, 15) is 4.79 Å². The minimum Gasteiger partial charge on any atom is -0.353 e. The average Bonchev–Trinajstić information content (AvgIpc) is 2.64. The molecule has 1 unspecified atom stereocenters. The van der Waals surface area contributed by atoms with Crippen LogP contribution in [0.3, 0.4) is 0 Å². The Morgan fingerprint density at radius 3 is 2.88 bits per heavy atom. The maximum atomic E-state index is 11.8. The standard InChI is InChI=1S/C12H22N4O/c1-4-5-12(3,13)11(17)15-7-9-16-8-6-14-10(16)2/h6,8H,4-5,7,9,13H2,1-3H3,(H,15,17). The SMILES string of the molecule is CCCC(C)(N)C(=O)NCCn1ccnc1C. The third kappa shape index (κ3) is 3.85. The topological polar surface area (TPSA) is 72.9 Å². The van der Waals surface area contributed by atoms with Crippen molar-refractivity contribution in [3.63, 3.8) is 0 Å². The summed E-state index contributed by atoms with van der Waals surface area (Å²) in [5.41, 5.74) is 5.16. The van der Waals surface area contributed by atoms with Crippen LogP contribution >= 0.6 is 0 Å². The molecule has 1 aromatic rings. The van der Waals surface area contributed by atoms with Gasteiger partial charge in [0.2, 0.25) is 5.91 Å². The molecule has 0 aliphatic heterocycles. The molecule has 1 aromatic heterocycles. The quantitative estimate of drug-likeness (QED) is 0.771. The lowest BCUT2D eigenvalue weighted by Crippen LogP contribution is -2.52. The first-order chi connectivity index (χ1) is 7.97. The van der Waals surface area contributed by atoms with Gasteiger partial charge >= 0.3 is 0 Å². The summed E-state index contributed by atoms with van der Waals surface area (Å²) in [6.45, 7) is 7.03. The van der Waals surface area contributed by atoms with E-state index in [4.69, 9.17) is 5.73 Å². The van der Waals surface area contributed by atoms with Crippen LogP contribution in [0.4, 0.5) is 0 Å². The Morgan fingerprint density at radius 1 is 1.65 bits per heavy atom. The van der Waals surface area contributed by atoms with Gasteiger partial charge in [0.25, 0.3) is 0 Å². The zero-order chi connectivity index (χ0) is 12.9. The molecule has 0 saturated heterocycles. The Bertz CT molecular complexity index is 370. The van der Waals surface area contributed by atoms with Gasteiger partial charge in [-0.1, -0.05) is 13.3 Å². The van der Waals surface area contributed by atoms with E-state index in [1.807, 2.05) is 24.6 Å². The predicted molar refractivity (Wildman–Crippen MR) is 67.5 cm³/mol. The Morgan fingerprint density at radius 2 is 2.35 bits per heavy atom. The zero-order valence-electron chi connectivity index (χ0n) is 10.9. The second-order valence-corrected chi connectivity index (χ2v) is 4.59. The molecule has 0 bridgehead atoms. The van der Waals surface area contributed by atoms with Gasteiger partial charge in [0, 0.05) is 25.5 Å². The first kappa shape index (κ1) is 13.7. The summed E-state index contributed by atoms with van der Waals surface area (Å²) in [7, 11) is 0. The number of hydrogen-bond acceptors (Lipinski definition) is 3. The van der Waals surface area contributed by atoms with Crippen LogP contribution in [0.25, 0.3) is 0 Å². The maximum absolute atomic E-state index is 11.8. The molecule has 1 rings (SSSR count). The van der Waals surface area contributed by atoms with E-state index in [0.29, 0.717) is 13.0 Å². The number of rotatable bonds is 6. The summed E-state index contributed by atoms with van der Waals surface area (Å²) in [4.78, 5) is 15.9. The fourth-order valence-corrected chi connectivity index (χ4v) is 1.76. The summed E-state index contributed by atoms with van der Waals surface area (Å²) in [5, 5.41) is 2.86. The minimum atomic E-state index is -0.765. The monoisotopic (exact) mass is 238 g/mol. The lowest BCUT2D eigenvalue weighted by atomic mass is 9.97. The van der Waals surface area contributed by atoms with Crippen molar-refractivity contribution in [2.75, 3.05) is 6.54 Å². The van der Waals surface area contributed by atoms with Crippen molar-refractivity contribution in [1.29, 1.82) is 0 Å². The number of aryl methyl sites for hydroxylation is 1. The molecule has 1 heterocycles. The van der Waals surface area contributed by atoms with Gasteiger partial charge in [0.05, 0.1) is 5.54 Å². The third-order valence-electron chi connectivity index (χ3n) is 2.85. The number of nitrogens with two attached hydrogens (primary N) is 1. The van der Waals surface area contributed by atoms with Gasteiger partial charge in [-0.2, -0.15) is 0 Å². The van der Waals surface area contributed by atoms with Crippen molar-refractivity contribution in [2.24, 2.45) is 5.73 Å². The molecule has 0 spiro atoms.